The summed E-state index contributed by atoms with van der Waals surface area (Å²) in [5.41, 5.74) is 0.955. The Morgan fingerprint density at radius 3 is 2.47 bits per heavy atom. The molecule has 86 valence electrons. The van der Waals surface area contributed by atoms with Crippen LogP contribution >= 0.6 is 15.9 Å². The van der Waals surface area contributed by atoms with E-state index in [-0.39, 0.29) is 11.5 Å². The van der Waals surface area contributed by atoms with Gasteiger partial charge in [-0.3, -0.25) is 4.68 Å². The van der Waals surface area contributed by atoms with Crippen LogP contribution in [-0.4, -0.2) is 26.2 Å². The van der Waals surface area contributed by atoms with Crippen LogP contribution < -0.4 is 0 Å². The second kappa shape index (κ2) is 4.61. The first-order valence-corrected chi connectivity index (χ1v) is 5.84. The highest BCUT2D eigenvalue weighted by atomic mass is 79.9. The van der Waals surface area contributed by atoms with Crippen LogP contribution in [0.25, 0.3) is 0 Å². The van der Waals surface area contributed by atoms with E-state index in [1.54, 1.807) is 4.68 Å². The maximum absolute atomic E-state index is 9.90. The zero-order valence-corrected chi connectivity index (χ0v) is 11.2. The Labute approximate surface area is 98.8 Å². The molecule has 0 spiro atoms. The molecule has 0 fully saturated rings. The van der Waals surface area contributed by atoms with Gasteiger partial charge in [-0.2, -0.15) is 0 Å². The zero-order valence-electron chi connectivity index (χ0n) is 9.66. The van der Waals surface area contributed by atoms with Crippen molar-refractivity contribution in [1.29, 1.82) is 0 Å². The lowest BCUT2D eigenvalue weighted by molar-refractivity contribution is 0.0555. The average molecular weight is 276 g/mol. The maximum atomic E-state index is 9.90. The van der Waals surface area contributed by atoms with E-state index in [1.807, 2.05) is 27.8 Å². The van der Waals surface area contributed by atoms with Crippen LogP contribution in [0.4, 0.5) is 0 Å². The van der Waals surface area contributed by atoms with Crippen molar-refractivity contribution in [2.24, 2.45) is 12.5 Å². The molecule has 1 heterocycles. The Kier molecular flexibility index (Phi) is 3.89. The van der Waals surface area contributed by atoms with Gasteiger partial charge in [-0.15, -0.1) is 5.10 Å². The van der Waals surface area contributed by atoms with Gasteiger partial charge >= 0.3 is 0 Å². The van der Waals surface area contributed by atoms with Gasteiger partial charge in [0, 0.05) is 7.05 Å². The van der Waals surface area contributed by atoms with Crippen LogP contribution in [0.3, 0.4) is 0 Å². The van der Waals surface area contributed by atoms with Crippen LogP contribution in [0.15, 0.2) is 4.60 Å². The van der Waals surface area contributed by atoms with Crippen LogP contribution in [0.5, 0.6) is 0 Å². The molecular weight excluding hydrogens is 258 g/mol. The molecule has 1 aromatic rings. The molecule has 1 aromatic heterocycles. The van der Waals surface area contributed by atoms with Gasteiger partial charge in [-0.05, 0) is 34.2 Å². The number of nitrogens with zero attached hydrogens (tertiary/aromatic N) is 3. The number of aliphatic hydroxyl groups excluding tert-OH is 1. The van der Waals surface area contributed by atoms with Gasteiger partial charge in [-0.1, -0.05) is 26.0 Å². The molecule has 15 heavy (non-hydrogen) atoms. The molecule has 1 rings (SSSR count). The topological polar surface area (TPSA) is 50.9 Å². The summed E-state index contributed by atoms with van der Waals surface area (Å²) in [7, 11) is 1.86. The van der Waals surface area contributed by atoms with Crippen LogP contribution in [-0.2, 0) is 13.5 Å². The van der Waals surface area contributed by atoms with Crippen molar-refractivity contribution in [3.63, 3.8) is 0 Å². The number of aromatic nitrogens is 3. The molecule has 0 aliphatic rings. The third-order valence-corrected chi connectivity index (χ3v) is 3.17. The highest BCUT2D eigenvalue weighted by Gasteiger charge is 2.22. The fourth-order valence-corrected chi connectivity index (χ4v) is 1.85. The maximum Gasteiger partial charge on any atom is 0.151 e. The molecular formula is C10H18BrN3O. The predicted molar refractivity (Wildman–Crippen MR) is 62.5 cm³/mol. The Balaban J connectivity index is 2.58. The number of halogens is 1. The van der Waals surface area contributed by atoms with Gasteiger partial charge in [0.1, 0.15) is 0 Å². The van der Waals surface area contributed by atoms with E-state index in [4.69, 9.17) is 0 Å². The quantitative estimate of drug-likeness (QED) is 0.917. The van der Waals surface area contributed by atoms with Gasteiger partial charge in [-0.25, -0.2) is 0 Å². The van der Waals surface area contributed by atoms with Gasteiger partial charge in [0.05, 0.1) is 11.8 Å². The number of aliphatic hydroxyl groups is 1. The third-order valence-electron chi connectivity index (χ3n) is 2.55. The van der Waals surface area contributed by atoms with E-state index >= 15 is 0 Å². The summed E-state index contributed by atoms with van der Waals surface area (Å²) >= 11 is 3.34. The van der Waals surface area contributed by atoms with Gasteiger partial charge in [0.2, 0.25) is 0 Å². The Morgan fingerprint density at radius 1 is 1.47 bits per heavy atom. The van der Waals surface area contributed by atoms with Crippen molar-refractivity contribution in [1.82, 2.24) is 15.0 Å². The van der Waals surface area contributed by atoms with Crippen molar-refractivity contribution >= 4 is 15.9 Å². The van der Waals surface area contributed by atoms with E-state index in [1.165, 1.54) is 0 Å². The third kappa shape index (κ3) is 3.28. The van der Waals surface area contributed by atoms with Crippen LogP contribution in [0.2, 0.25) is 0 Å². The first-order valence-electron chi connectivity index (χ1n) is 5.04. The summed E-state index contributed by atoms with van der Waals surface area (Å²) in [6.45, 7) is 6.11. The number of rotatable bonds is 3. The van der Waals surface area contributed by atoms with Crippen molar-refractivity contribution in [2.75, 3.05) is 0 Å². The smallest absolute Gasteiger partial charge is 0.151 e. The summed E-state index contributed by atoms with van der Waals surface area (Å²) in [4.78, 5) is 0. The largest absolute Gasteiger partial charge is 0.393 e. The lowest BCUT2D eigenvalue weighted by atomic mass is 9.86. The summed E-state index contributed by atoms with van der Waals surface area (Å²) < 4.78 is 2.51. The zero-order chi connectivity index (χ0) is 11.6. The molecule has 0 radical (unpaired) electrons. The van der Waals surface area contributed by atoms with Crippen molar-refractivity contribution in [2.45, 2.75) is 39.7 Å². The fourth-order valence-electron chi connectivity index (χ4n) is 1.32. The van der Waals surface area contributed by atoms with E-state index in [9.17, 15) is 5.11 Å². The highest BCUT2D eigenvalue weighted by molar-refractivity contribution is 9.10. The summed E-state index contributed by atoms with van der Waals surface area (Å²) in [5, 5.41) is 17.7. The molecule has 1 atom stereocenters. The SMILES string of the molecule is Cn1nnc(Br)c1CCC(O)C(C)(C)C. The summed E-state index contributed by atoms with van der Waals surface area (Å²) in [6, 6.07) is 0. The van der Waals surface area contributed by atoms with Crippen LogP contribution in [0.1, 0.15) is 32.9 Å². The minimum atomic E-state index is -0.306. The molecule has 4 nitrogen and oxygen atoms in total. The molecule has 0 amide bonds. The van der Waals surface area contributed by atoms with Crippen molar-refractivity contribution in [3.05, 3.63) is 10.3 Å². The summed E-state index contributed by atoms with van der Waals surface area (Å²) in [6.07, 6.45) is 1.20. The van der Waals surface area contributed by atoms with Crippen molar-refractivity contribution in [3.8, 4) is 0 Å². The Bertz CT molecular complexity index is 310. The monoisotopic (exact) mass is 275 g/mol. The first kappa shape index (κ1) is 12.6. The average Bonchev–Trinajstić information content (AvgIpc) is 2.41. The lowest BCUT2D eigenvalue weighted by Gasteiger charge is -2.25. The highest BCUT2D eigenvalue weighted by Crippen LogP contribution is 2.24. The molecule has 1 unspecified atom stereocenters. The standard InChI is InChI=1S/C10H18BrN3O/c1-10(2,3)8(15)6-5-7-9(11)12-13-14(7)4/h8,15H,5-6H2,1-4H3. The number of hydrogen-bond donors (Lipinski definition) is 1. The number of aryl methyl sites for hydroxylation is 1. The molecule has 5 heteroatoms. The minimum Gasteiger partial charge on any atom is -0.393 e. The molecule has 1 N–H and O–H groups in total. The Morgan fingerprint density at radius 2 is 2.07 bits per heavy atom. The number of hydrogen-bond acceptors (Lipinski definition) is 3. The van der Waals surface area contributed by atoms with E-state index < -0.39 is 0 Å². The molecule has 0 saturated heterocycles. The van der Waals surface area contributed by atoms with E-state index in [0.717, 1.165) is 23.1 Å². The minimum absolute atomic E-state index is 0.0709. The van der Waals surface area contributed by atoms with Crippen molar-refractivity contribution < 1.29 is 5.11 Å². The second-order valence-electron chi connectivity index (χ2n) is 4.87. The fraction of sp³-hybridized carbons (Fsp3) is 0.800. The predicted octanol–water partition coefficient (Wildman–Crippen LogP) is 1.92. The molecule has 0 saturated carbocycles. The lowest BCUT2D eigenvalue weighted by Crippen LogP contribution is -2.26. The molecule has 0 aliphatic carbocycles. The van der Waals surface area contributed by atoms with Gasteiger partial charge in [0.25, 0.3) is 0 Å². The normalized spacial score (nSPS) is 14.3. The van der Waals surface area contributed by atoms with Gasteiger partial charge < -0.3 is 5.11 Å². The first-order chi connectivity index (χ1) is 6.82. The Hall–Kier alpha value is -0.420. The summed E-state index contributed by atoms with van der Waals surface area (Å²) in [5.74, 6) is 0. The van der Waals surface area contributed by atoms with Gasteiger partial charge in [0.15, 0.2) is 4.60 Å². The molecule has 0 aliphatic heterocycles. The molecule has 0 aromatic carbocycles. The molecule has 0 bridgehead atoms. The van der Waals surface area contributed by atoms with Crippen LogP contribution in [0, 0.1) is 5.41 Å². The second-order valence-corrected chi connectivity index (χ2v) is 5.62. The van der Waals surface area contributed by atoms with E-state index in [0.29, 0.717) is 0 Å². The van der Waals surface area contributed by atoms with E-state index in [2.05, 4.69) is 26.2 Å².